The van der Waals surface area contributed by atoms with E-state index in [1.807, 2.05) is 0 Å². The largest absolute Gasteiger partial charge is 0.338 e. The summed E-state index contributed by atoms with van der Waals surface area (Å²) in [5.74, 6) is 0.934. The zero-order chi connectivity index (χ0) is 15.8. The molecule has 0 spiro atoms. The van der Waals surface area contributed by atoms with E-state index in [1.165, 1.54) is 12.1 Å². The molecule has 1 heterocycles. The third kappa shape index (κ3) is 3.63. The molecular weight excluding hydrogens is 288 g/mol. The summed E-state index contributed by atoms with van der Waals surface area (Å²) < 4.78 is 23.0. The monoisotopic (exact) mass is 310 g/mol. The van der Waals surface area contributed by atoms with Gasteiger partial charge in [-0.3, -0.25) is 4.79 Å². The number of sulfonamides is 1. The van der Waals surface area contributed by atoms with Gasteiger partial charge in [0.1, 0.15) is 0 Å². The molecule has 1 aliphatic heterocycles. The molecule has 1 fully saturated rings. The lowest BCUT2D eigenvalue weighted by atomic mass is 9.95. The molecule has 0 bridgehead atoms. The molecule has 2 N–H and O–H groups in total. The molecule has 2 rings (SSSR count). The number of primary sulfonamides is 1. The molecule has 1 saturated heterocycles. The second-order valence-electron chi connectivity index (χ2n) is 6.12. The van der Waals surface area contributed by atoms with Crippen molar-refractivity contribution < 1.29 is 13.2 Å². The molecule has 0 aromatic heterocycles. The number of nitrogens with two attached hydrogens (primary N) is 1. The van der Waals surface area contributed by atoms with Crippen molar-refractivity contribution in [1.82, 2.24) is 4.90 Å². The fourth-order valence-corrected chi connectivity index (χ4v) is 3.38. The SMILES string of the molecule is Cc1cc(C(=O)N2CCC(C(C)C)C2)cc(S(N)(=O)=O)c1. The Morgan fingerprint density at radius 2 is 2.00 bits per heavy atom. The summed E-state index contributed by atoms with van der Waals surface area (Å²) in [6.07, 6.45) is 0.997. The van der Waals surface area contributed by atoms with E-state index in [0.717, 1.165) is 19.5 Å². The lowest BCUT2D eigenvalue weighted by molar-refractivity contribution is 0.0783. The molecule has 1 unspecified atom stereocenters. The number of hydrogen-bond acceptors (Lipinski definition) is 3. The Hall–Kier alpha value is -1.40. The van der Waals surface area contributed by atoms with Crippen molar-refractivity contribution in [3.8, 4) is 0 Å². The van der Waals surface area contributed by atoms with Crippen molar-refractivity contribution in [1.29, 1.82) is 0 Å². The number of aryl methyl sites for hydroxylation is 1. The van der Waals surface area contributed by atoms with Crippen LogP contribution in [0.25, 0.3) is 0 Å². The Kier molecular flexibility index (Phi) is 4.39. The number of likely N-dealkylation sites (tertiary alicyclic amines) is 1. The number of rotatable bonds is 3. The third-order valence-corrected chi connectivity index (χ3v) is 4.97. The standard InChI is InChI=1S/C15H22N2O3S/c1-10(2)12-4-5-17(9-12)15(18)13-6-11(3)7-14(8-13)21(16,19)20/h6-8,10,12H,4-5,9H2,1-3H3,(H2,16,19,20). The first kappa shape index (κ1) is 16.0. The Balaban J connectivity index is 2.26. The number of benzene rings is 1. The Bertz CT molecular complexity index is 653. The van der Waals surface area contributed by atoms with Crippen LogP contribution in [0.1, 0.15) is 36.2 Å². The molecule has 1 amide bonds. The van der Waals surface area contributed by atoms with Gasteiger partial charge in [0, 0.05) is 18.7 Å². The summed E-state index contributed by atoms with van der Waals surface area (Å²) in [7, 11) is -3.80. The van der Waals surface area contributed by atoms with Crippen LogP contribution in [-0.4, -0.2) is 32.3 Å². The normalized spacial score (nSPS) is 19.3. The first-order valence-electron chi connectivity index (χ1n) is 7.12. The minimum absolute atomic E-state index is 0.00884. The van der Waals surface area contributed by atoms with Crippen molar-refractivity contribution in [2.24, 2.45) is 17.0 Å². The van der Waals surface area contributed by atoms with E-state index >= 15 is 0 Å². The molecular formula is C15H22N2O3S. The minimum Gasteiger partial charge on any atom is -0.338 e. The molecule has 5 nitrogen and oxygen atoms in total. The van der Waals surface area contributed by atoms with Crippen molar-refractivity contribution in [3.05, 3.63) is 29.3 Å². The van der Waals surface area contributed by atoms with E-state index in [1.54, 1.807) is 17.9 Å². The minimum atomic E-state index is -3.80. The summed E-state index contributed by atoms with van der Waals surface area (Å²) in [4.78, 5) is 14.3. The van der Waals surface area contributed by atoms with Gasteiger partial charge in [0.05, 0.1) is 4.90 Å². The summed E-state index contributed by atoms with van der Waals surface area (Å²) >= 11 is 0. The number of amides is 1. The van der Waals surface area contributed by atoms with Gasteiger partial charge in [0.25, 0.3) is 5.91 Å². The maximum absolute atomic E-state index is 12.5. The van der Waals surface area contributed by atoms with E-state index in [2.05, 4.69) is 13.8 Å². The van der Waals surface area contributed by atoms with Gasteiger partial charge in [-0.15, -0.1) is 0 Å². The molecule has 1 aromatic carbocycles. The summed E-state index contributed by atoms with van der Waals surface area (Å²) in [6.45, 7) is 7.52. The molecule has 0 aliphatic carbocycles. The zero-order valence-electron chi connectivity index (χ0n) is 12.7. The topological polar surface area (TPSA) is 80.5 Å². The number of nitrogens with zero attached hydrogens (tertiary/aromatic N) is 1. The van der Waals surface area contributed by atoms with Crippen LogP contribution in [0.2, 0.25) is 0 Å². The molecule has 1 aromatic rings. The van der Waals surface area contributed by atoms with Gasteiger partial charge in [-0.25, -0.2) is 13.6 Å². The zero-order valence-corrected chi connectivity index (χ0v) is 13.5. The molecule has 1 aliphatic rings. The number of carbonyl (C=O) groups excluding carboxylic acids is 1. The molecule has 6 heteroatoms. The average Bonchev–Trinajstić information content (AvgIpc) is 2.85. The smallest absolute Gasteiger partial charge is 0.253 e. The predicted molar refractivity (Wildman–Crippen MR) is 81.4 cm³/mol. The van der Waals surface area contributed by atoms with Gasteiger partial charge in [-0.05, 0) is 48.9 Å². The van der Waals surface area contributed by atoms with Gasteiger partial charge < -0.3 is 4.90 Å². The van der Waals surface area contributed by atoms with Crippen LogP contribution in [0.3, 0.4) is 0 Å². The van der Waals surface area contributed by atoms with Crippen molar-refractivity contribution in [2.45, 2.75) is 32.1 Å². The summed E-state index contributed by atoms with van der Waals surface area (Å²) in [6, 6.07) is 4.56. The highest BCUT2D eigenvalue weighted by molar-refractivity contribution is 7.89. The van der Waals surface area contributed by atoms with Gasteiger partial charge in [0.15, 0.2) is 0 Å². The molecule has 0 radical (unpaired) electrons. The van der Waals surface area contributed by atoms with E-state index in [0.29, 0.717) is 23.0 Å². The van der Waals surface area contributed by atoms with E-state index in [9.17, 15) is 13.2 Å². The number of hydrogen-bond donors (Lipinski definition) is 1. The summed E-state index contributed by atoms with van der Waals surface area (Å²) in [5, 5.41) is 5.16. The number of carbonyl (C=O) groups is 1. The molecule has 21 heavy (non-hydrogen) atoms. The Labute approximate surface area is 126 Å². The van der Waals surface area contributed by atoms with E-state index < -0.39 is 10.0 Å². The lowest BCUT2D eigenvalue weighted by Crippen LogP contribution is -2.29. The second-order valence-corrected chi connectivity index (χ2v) is 7.69. The quantitative estimate of drug-likeness (QED) is 0.923. The summed E-state index contributed by atoms with van der Waals surface area (Å²) in [5.41, 5.74) is 1.10. The van der Waals surface area contributed by atoms with Crippen LogP contribution >= 0.6 is 0 Å². The lowest BCUT2D eigenvalue weighted by Gasteiger charge is -2.18. The highest BCUT2D eigenvalue weighted by Crippen LogP contribution is 2.25. The molecule has 1 atom stereocenters. The Morgan fingerprint density at radius 3 is 2.52 bits per heavy atom. The fourth-order valence-electron chi connectivity index (χ4n) is 2.73. The maximum atomic E-state index is 12.5. The predicted octanol–water partition coefficient (Wildman–Crippen LogP) is 1.76. The van der Waals surface area contributed by atoms with Crippen LogP contribution in [-0.2, 0) is 10.0 Å². The maximum Gasteiger partial charge on any atom is 0.253 e. The van der Waals surface area contributed by atoms with Gasteiger partial charge >= 0.3 is 0 Å². The molecule has 116 valence electrons. The van der Waals surface area contributed by atoms with Crippen LogP contribution < -0.4 is 5.14 Å². The third-order valence-electron chi connectivity index (χ3n) is 4.08. The van der Waals surface area contributed by atoms with Crippen LogP contribution in [0.4, 0.5) is 0 Å². The van der Waals surface area contributed by atoms with Crippen molar-refractivity contribution >= 4 is 15.9 Å². The van der Waals surface area contributed by atoms with Crippen molar-refractivity contribution in [3.63, 3.8) is 0 Å². The van der Waals surface area contributed by atoms with Gasteiger partial charge in [-0.1, -0.05) is 13.8 Å². The van der Waals surface area contributed by atoms with Crippen LogP contribution in [0, 0.1) is 18.8 Å². The highest BCUT2D eigenvalue weighted by atomic mass is 32.2. The Morgan fingerprint density at radius 1 is 1.33 bits per heavy atom. The first-order valence-corrected chi connectivity index (χ1v) is 8.67. The van der Waals surface area contributed by atoms with Crippen LogP contribution in [0.5, 0.6) is 0 Å². The van der Waals surface area contributed by atoms with E-state index in [-0.39, 0.29) is 10.8 Å². The average molecular weight is 310 g/mol. The second kappa shape index (κ2) is 5.77. The van der Waals surface area contributed by atoms with Crippen molar-refractivity contribution in [2.75, 3.05) is 13.1 Å². The molecule has 0 saturated carbocycles. The van der Waals surface area contributed by atoms with E-state index in [4.69, 9.17) is 5.14 Å². The highest BCUT2D eigenvalue weighted by Gasteiger charge is 2.29. The van der Waals surface area contributed by atoms with Crippen LogP contribution in [0.15, 0.2) is 23.1 Å². The van der Waals surface area contributed by atoms with Gasteiger partial charge in [0.2, 0.25) is 10.0 Å². The fraction of sp³-hybridized carbons (Fsp3) is 0.533. The first-order chi connectivity index (χ1) is 9.68. The van der Waals surface area contributed by atoms with Gasteiger partial charge in [-0.2, -0.15) is 0 Å².